The van der Waals surface area contributed by atoms with Crippen molar-refractivity contribution >= 4 is 16.9 Å². The first-order valence-electron chi connectivity index (χ1n) is 12.8. The molecule has 7 heteroatoms. The highest BCUT2D eigenvalue weighted by Gasteiger charge is 2.30. The molecule has 0 spiro atoms. The van der Waals surface area contributed by atoms with E-state index in [2.05, 4.69) is 12.2 Å². The Balaban J connectivity index is 1.82. The van der Waals surface area contributed by atoms with Crippen LogP contribution in [0.2, 0.25) is 0 Å². The molecule has 1 unspecified atom stereocenters. The normalized spacial score (nSPS) is 15.1. The Morgan fingerprint density at radius 1 is 1.11 bits per heavy atom. The van der Waals surface area contributed by atoms with Crippen molar-refractivity contribution in [1.82, 2.24) is 19.8 Å². The zero-order valence-corrected chi connectivity index (χ0v) is 21.0. The monoisotopic (exact) mass is 476 g/mol. The zero-order valence-electron chi connectivity index (χ0n) is 21.0. The first kappa shape index (κ1) is 24.8. The molecular weight excluding hydrogens is 440 g/mol. The van der Waals surface area contributed by atoms with E-state index in [0.29, 0.717) is 41.1 Å². The van der Waals surface area contributed by atoms with Gasteiger partial charge in [0.25, 0.3) is 5.56 Å². The Hall–Kier alpha value is -3.35. The Morgan fingerprint density at radius 3 is 2.49 bits per heavy atom. The molecular formula is C28H36N4O3. The molecule has 1 aliphatic rings. The maximum Gasteiger partial charge on any atom is 0.318 e. The van der Waals surface area contributed by atoms with Crippen molar-refractivity contribution < 1.29 is 9.53 Å². The minimum Gasteiger partial charge on any atom is -0.497 e. The number of carbonyl (C=O) groups excluding carboxylic acids is 1. The Labute approximate surface area is 207 Å². The summed E-state index contributed by atoms with van der Waals surface area (Å²) in [6, 6.07) is 14.6. The van der Waals surface area contributed by atoms with Crippen molar-refractivity contribution in [2.45, 2.75) is 70.9 Å². The lowest BCUT2D eigenvalue weighted by Gasteiger charge is -2.34. The molecule has 4 rings (SSSR count). The Morgan fingerprint density at radius 2 is 1.83 bits per heavy atom. The fourth-order valence-corrected chi connectivity index (χ4v) is 5.04. The van der Waals surface area contributed by atoms with E-state index in [-0.39, 0.29) is 23.7 Å². The fraction of sp³-hybridized carbons (Fsp3) is 0.464. The molecule has 1 atom stereocenters. The number of amides is 2. The highest BCUT2D eigenvalue weighted by molar-refractivity contribution is 5.78. The largest absolute Gasteiger partial charge is 0.497 e. The molecule has 1 N–H and O–H groups in total. The lowest BCUT2D eigenvalue weighted by Crippen LogP contribution is -2.48. The minimum absolute atomic E-state index is 0.0747. The number of carbonyl (C=O) groups is 1. The van der Waals surface area contributed by atoms with Crippen molar-refractivity contribution in [2.24, 2.45) is 0 Å². The predicted molar refractivity (Wildman–Crippen MR) is 139 cm³/mol. The number of ether oxygens (including phenoxy) is 1. The van der Waals surface area contributed by atoms with Gasteiger partial charge in [0.05, 0.1) is 29.7 Å². The van der Waals surface area contributed by atoms with Crippen molar-refractivity contribution in [3.05, 3.63) is 64.7 Å². The van der Waals surface area contributed by atoms with Gasteiger partial charge in [-0.25, -0.2) is 9.78 Å². The molecule has 1 fully saturated rings. The summed E-state index contributed by atoms with van der Waals surface area (Å²) in [5.41, 5.74) is 1.20. The van der Waals surface area contributed by atoms with Crippen molar-refractivity contribution in [2.75, 3.05) is 13.7 Å². The summed E-state index contributed by atoms with van der Waals surface area (Å²) in [4.78, 5) is 34.1. The standard InChI is InChI=1S/C28H36N4O3/c1-4-19-31(28(34)29-20-11-7-6-8-12-20)25(5-2)26-30-24-14-10-9-13-23(24)27(33)32(26)21-15-17-22(35-3)18-16-21/h9-10,13-18,20,25H,4-8,11-12,19H2,1-3H3,(H,29,34). The van der Waals surface area contributed by atoms with Crippen LogP contribution in [0.4, 0.5) is 4.79 Å². The molecule has 1 saturated carbocycles. The van der Waals surface area contributed by atoms with Crippen LogP contribution < -0.4 is 15.6 Å². The van der Waals surface area contributed by atoms with E-state index < -0.39 is 0 Å². The molecule has 0 saturated heterocycles. The average molecular weight is 477 g/mol. The van der Waals surface area contributed by atoms with Gasteiger partial charge < -0.3 is 15.0 Å². The van der Waals surface area contributed by atoms with Crippen LogP contribution in [0.1, 0.15) is 70.7 Å². The summed E-state index contributed by atoms with van der Waals surface area (Å²) in [7, 11) is 1.62. The number of nitrogens with one attached hydrogen (secondary N) is 1. The maximum atomic E-state index is 13.8. The van der Waals surface area contributed by atoms with Crippen LogP contribution in [0, 0.1) is 0 Å². The summed E-state index contributed by atoms with van der Waals surface area (Å²) in [5.74, 6) is 1.29. The van der Waals surface area contributed by atoms with Gasteiger partial charge in [-0.1, -0.05) is 45.2 Å². The van der Waals surface area contributed by atoms with Gasteiger partial charge in [-0.2, -0.15) is 0 Å². The van der Waals surface area contributed by atoms with Crippen LogP contribution in [0.5, 0.6) is 5.75 Å². The summed E-state index contributed by atoms with van der Waals surface area (Å²) < 4.78 is 6.97. The van der Waals surface area contributed by atoms with E-state index in [1.165, 1.54) is 6.42 Å². The zero-order chi connectivity index (χ0) is 24.8. The van der Waals surface area contributed by atoms with Crippen LogP contribution in [0.15, 0.2) is 53.3 Å². The van der Waals surface area contributed by atoms with E-state index in [4.69, 9.17) is 9.72 Å². The van der Waals surface area contributed by atoms with Crippen LogP contribution in [0.25, 0.3) is 16.6 Å². The minimum atomic E-state index is -0.349. The number of urea groups is 1. The van der Waals surface area contributed by atoms with Crippen LogP contribution in [-0.4, -0.2) is 40.2 Å². The molecule has 1 heterocycles. The van der Waals surface area contributed by atoms with E-state index in [1.807, 2.05) is 54.3 Å². The second-order valence-electron chi connectivity index (χ2n) is 9.23. The van der Waals surface area contributed by atoms with Gasteiger partial charge in [-0.05, 0) is 62.1 Å². The topological polar surface area (TPSA) is 76.5 Å². The molecule has 1 aromatic heterocycles. The molecule has 0 radical (unpaired) electrons. The second kappa shape index (κ2) is 11.4. The van der Waals surface area contributed by atoms with Gasteiger partial charge in [0, 0.05) is 12.6 Å². The number of rotatable bonds is 8. The van der Waals surface area contributed by atoms with Gasteiger partial charge in [-0.15, -0.1) is 0 Å². The van der Waals surface area contributed by atoms with Gasteiger partial charge in [0.15, 0.2) is 0 Å². The molecule has 3 aromatic rings. The Kier molecular flexibility index (Phi) is 8.06. The summed E-state index contributed by atoms with van der Waals surface area (Å²) >= 11 is 0. The van der Waals surface area contributed by atoms with E-state index in [9.17, 15) is 9.59 Å². The lowest BCUT2D eigenvalue weighted by molar-refractivity contribution is 0.161. The van der Waals surface area contributed by atoms with Crippen LogP contribution in [-0.2, 0) is 0 Å². The first-order chi connectivity index (χ1) is 17.1. The van der Waals surface area contributed by atoms with Gasteiger partial charge in [0.1, 0.15) is 11.6 Å². The van der Waals surface area contributed by atoms with Crippen LogP contribution in [0.3, 0.4) is 0 Å². The molecule has 0 aliphatic heterocycles. The number of para-hydroxylation sites is 1. The molecule has 2 amide bonds. The number of hydrogen-bond donors (Lipinski definition) is 1. The third-order valence-electron chi connectivity index (χ3n) is 6.85. The molecule has 2 aromatic carbocycles. The highest BCUT2D eigenvalue weighted by Crippen LogP contribution is 2.27. The van der Waals surface area contributed by atoms with E-state index >= 15 is 0 Å². The summed E-state index contributed by atoms with van der Waals surface area (Å²) in [6.07, 6.45) is 7.03. The smallest absolute Gasteiger partial charge is 0.318 e. The van der Waals surface area contributed by atoms with Gasteiger partial charge >= 0.3 is 6.03 Å². The molecule has 1 aliphatic carbocycles. The Bertz CT molecular complexity index is 1200. The molecule has 35 heavy (non-hydrogen) atoms. The molecule has 7 nitrogen and oxygen atoms in total. The summed E-state index contributed by atoms with van der Waals surface area (Å²) in [5, 5.41) is 3.82. The molecule has 186 valence electrons. The third-order valence-corrected chi connectivity index (χ3v) is 6.85. The van der Waals surface area contributed by atoms with Crippen molar-refractivity contribution in [1.29, 1.82) is 0 Å². The predicted octanol–water partition coefficient (Wildman–Crippen LogP) is 5.60. The molecule has 0 bridgehead atoms. The summed E-state index contributed by atoms with van der Waals surface area (Å²) in [6.45, 7) is 4.70. The second-order valence-corrected chi connectivity index (χ2v) is 9.23. The number of nitrogens with zero attached hydrogens (tertiary/aromatic N) is 3. The van der Waals surface area contributed by atoms with Gasteiger partial charge in [-0.3, -0.25) is 9.36 Å². The van der Waals surface area contributed by atoms with Gasteiger partial charge in [0.2, 0.25) is 0 Å². The number of methoxy groups -OCH3 is 1. The maximum absolute atomic E-state index is 13.8. The van der Waals surface area contributed by atoms with Crippen molar-refractivity contribution in [3.63, 3.8) is 0 Å². The average Bonchev–Trinajstić information content (AvgIpc) is 2.89. The van der Waals surface area contributed by atoms with E-state index in [0.717, 1.165) is 32.1 Å². The number of hydrogen-bond acceptors (Lipinski definition) is 4. The lowest BCUT2D eigenvalue weighted by atomic mass is 9.96. The van der Waals surface area contributed by atoms with Crippen LogP contribution >= 0.6 is 0 Å². The number of fused-ring (bicyclic) bond motifs is 1. The van der Waals surface area contributed by atoms with E-state index in [1.54, 1.807) is 17.7 Å². The third kappa shape index (κ3) is 5.34. The fourth-order valence-electron chi connectivity index (χ4n) is 5.04. The number of benzene rings is 2. The SMILES string of the molecule is CCCN(C(=O)NC1CCCCC1)C(CC)c1nc2ccccc2c(=O)n1-c1ccc(OC)cc1. The first-order valence-corrected chi connectivity index (χ1v) is 12.8. The number of aromatic nitrogens is 2. The quantitative estimate of drug-likeness (QED) is 0.459. The van der Waals surface area contributed by atoms with Crippen molar-refractivity contribution in [3.8, 4) is 11.4 Å². The highest BCUT2D eigenvalue weighted by atomic mass is 16.5.